The van der Waals surface area contributed by atoms with Gasteiger partial charge in [-0.3, -0.25) is 4.79 Å². The number of carbonyl (C=O) groups excluding carboxylic acids is 1. The third kappa shape index (κ3) is 6.94. The van der Waals surface area contributed by atoms with Crippen LogP contribution < -0.4 is 11.1 Å². The van der Waals surface area contributed by atoms with Crippen LogP contribution in [0.2, 0.25) is 0 Å². The third-order valence-corrected chi connectivity index (χ3v) is 8.30. The number of furan rings is 1. The van der Waals surface area contributed by atoms with Gasteiger partial charge in [0, 0.05) is 66.3 Å². The Morgan fingerprint density at radius 3 is 2.43 bits per heavy atom. The smallest absolute Gasteiger partial charge is 0.251 e. The van der Waals surface area contributed by atoms with Gasteiger partial charge < -0.3 is 20.4 Å². The van der Waals surface area contributed by atoms with Crippen LogP contribution in [-0.2, 0) is 11.3 Å². The van der Waals surface area contributed by atoms with Crippen LogP contribution in [0.15, 0.2) is 89.5 Å². The quantitative estimate of drug-likeness (QED) is 0.107. The summed E-state index contributed by atoms with van der Waals surface area (Å²) in [7, 11) is 0. The van der Waals surface area contributed by atoms with E-state index in [2.05, 4.69) is 10.3 Å². The first kappa shape index (κ1) is 31.0. The summed E-state index contributed by atoms with van der Waals surface area (Å²) in [6.45, 7) is 0.444. The van der Waals surface area contributed by atoms with Crippen molar-refractivity contribution in [1.82, 2.24) is 15.2 Å². The standard InChI is InChI=1S/C35H28F4N4O2S/c36-26-7-8-28(30(37)18-26)29-17-24(22-3-5-23(6-4-22)34(46)43-13-11-35(38,39)12-14-43)15-25-16-27(45-33(25)29)20-42-32(44)10-2-21-1-9-31(40)41-19-21/h1-10,15-19H,11-14,20H2,(H2,40,41)(H,42,44). The molecule has 5 aromatic rings. The molecular formula is C35H28F4N4O2S. The van der Waals surface area contributed by atoms with E-state index in [4.69, 9.17) is 22.4 Å². The molecule has 0 radical (unpaired) electrons. The number of halogens is 4. The summed E-state index contributed by atoms with van der Waals surface area (Å²) < 4.78 is 62.2. The van der Waals surface area contributed by atoms with Crippen molar-refractivity contribution in [1.29, 1.82) is 0 Å². The topological polar surface area (TPSA) is 84.4 Å². The number of piperidine rings is 1. The van der Waals surface area contributed by atoms with Gasteiger partial charge >= 0.3 is 0 Å². The van der Waals surface area contributed by atoms with Crippen LogP contribution in [0.4, 0.5) is 23.4 Å². The monoisotopic (exact) mass is 644 g/mol. The Labute approximate surface area is 267 Å². The SMILES string of the molecule is Nc1ccc(C=CC(=O)NCc2cc3cc(-c4ccc(C(=S)N5CCC(F)(F)CC5)cc4)cc(-c4ccc(F)cc4F)c3o2)cn1. The molecule has 1 fully saturated rings. The molecule has 1 amide bonds. The molecule has 234 valence electrons. The zero-order chi connectivity index (χ0) is 32.4. The first-order chi connectivity index (χ1) is 22.0. The van der Waals surface area contributed by atoms with E-state index in [1.165, 1.54) is 18.2 Å². The van der Waals surface area contributed by atoms with E-state index in [0.717, 1.165) is 22.8 Å². The summed E-state index contributed by atoms with van der Waals surface area (Å²) in [5.41, 5.74) is 9.50. The van der Waals surface area contributed by atoms with Crippen LogP contribution in [0.1, 0.15) is 29.7 Å². The van der Waals surface area contributed by atoms with Gasteiger partial charge in [-0.05, 0) is 65.2 Å². The van der Waals surface area contributed by atoms with Crippen molar-refractivity contribution < 1.29 is 26.8 Å². The lowest BCUT2D eigenvalue weighted by Crippen LogP contribution is -2.42. The van der Waals surface area contributed by atoms with E-state index in [1.807, 2.05) is 30.3 Å². The van der Waals surface area contributed by atoms with Gasteiger partial charge in [0.2, 0.25) is 5.91 Å². The Morgan fingerprint density at radius 2 is 1.74 bits per heavy atom. The summed E-state index contributed by atoms with van der Waals surface area (Å²) in [5.74, 6) is -3.68. The average molecular weight is 645 g/mol. The zero-order valence-corrected chi connectivity index (χ0v) is 25.2. The highest BCUT2D eigenvalue weighted by atomic mass is 32.1. The second kappa shape index (κ2) is 12.8. The second-order valence-electron chi connectivity index (χ2n) is 11.1. The van der Waals surface area contributed by atoms with Crippen molar-refractivity contribution in [2.75, 3.05) is 18.8 Å². The van der Waals surface area contributed by atoms with Crippen LogP contribution in [0.3, 0.4) is 0 Å². The van der Waals surface area contributed by atoms with Crippen molar-refractivity contribution in [3.05, 3.63) is 114 Å². The molecule has 3 N–H and O–H groups in total. The first-order valence-electron chi connectivity index (χ1n) is 14.5. The highest BCUT2D eigenvalue weighted by Crippen LogP contribution is 2.37. The number of rotatable bonds is 7. The fraction of sp³-hybridized carbons (Fsp3) is 0.171. The van der Waals surface area contributed by atoms with Gasteiger partial charge in [-0.15, -0.1) is 0 Å². The Morgan fingerprint density at radius 1 is 0.978 bits per heavy atom. The minimum atomic E-state index is -2.66. The van der Waals surface area contributed by atoms with E-state index < -0.39 is 17.6 Å². The molecule has 6 rings (SSSR count). The van der Waals surface area contributed by atoms with Crippen molar-refractivity contribution in [2.24, 2.45) is 0 Å². The molecule has 2 aromatic heterocycles. The zero-order valence-electron chi connectivity index (χ0n) is 24.4. The lowest BCUT2D eigenvalue weighted by molar-refractivity contribution is -0.116. The van der Waals surface area contributed by atoms with Crippen LogP contribution in [-0.4, -0.2) is 39.8 Å². The number of pyridine rings is 1. The number of nitrogens with two attached hydrogens (primary N) is 1. The summed E-state index contributed by atoms with van der Waals surface area (Å²) in [6, 6.07) is 19.5. The number of nitrogens with one attached hydrogen (secondary N) is 1. The molecular weight excluding hydrogens is 616 g/mol. The maximum absolute atomic E-state index is 15.0. The molecule has 1 aliphatic rings. The Hall–Kier alpha value is -5.03. The molecule has 0 aliphatic carbocycles. The fourth-order valence-corrected chi connectivity index (χ4v) is 5.63. The number of anilines is 1. The molecule has 6 nitrogen and oxygen atoms in total. The van der Waals surface area contributed by atoms with Gasteiger partial charge in [0.15, 0.2) is 0 Å². The van der Waals surface area contributed by atoms with E-state index in [9.17, 15) is 18.0 Å². The van der Waals surface area contributed by atoms with Gasteiger partial charge in [0.25, 0.3) is 5.92 Å². The van der Waals surface area contributed by atoms with Gasteiger partial charge in [-0.1, -0.05) is 36.5 Å². The van der Waals surface area contributed by atoms with Gasteiger partial charge in [-0.2, -0.15) is 0 Å². The Kier molecular flexibility index (Phi) is 8.59. The summed E-state index contributed by atoms with van der Waals surface area (Å²) in [4.78, 5) is 18.8. The number of benzene rings is 3. The average Bonchev–Trinajstić information content (AvgIpc) is 3.46. The van der Waals surface area contributed by atoms with Gasteiger partial charge in [-0.25, -0.2) is 22.5 Å². The number of aromatic nitrogens is 1. The number of thiocarbonyl (C=S) groups is 1. The second-order valence-corrected chi connectivity index (χ2v) is 11.5. The molecule has 46 heavy (non-hydrogen) atoms. The number of alkyl halides is 2. The number of hydrogen-bond acceptors (Lipinski definition) is 5. The molecule has 0 atom stereocenters. The first-order valence-corrected chi connectivity index (χ1v) is 14.9. The molecule has 1 saturated heterocycles. The van der Waals surface area contributed by atoms with Crippen LogP contribution >= 0.6 is 12.2 Å². The molecule has 0 unspecified atom stereocenters. The molecule has 11 heteroatoms. The third-order valence-electron chi connectivity index (χ3n) is 7.81. The van der Waals surface area contributed by atoms with E-state index >= 15 is 4.39 Å². The normalized spacial score (nSPS) is 14.6. The van der Waals surface area contributed by atoms with Crippen LogP contribution in [0.25, 0.3) is 39.3 Å². The van der Waals surface area contributed by atoms with Gasteiger partial charge in [0.05, 0.1) is 6.54 Å². The van der Waals surface area contributed by atoms with Gasteiger partial charge in [0.1, 0.15) is 33.8 Å². The van der Waals surface area contributed by atoms with Crippen molar-refractivity contribution in [2.45, 2.75) is 25.3 Å². The number of carbonyl (C=O) groups is 1. The maximum atomic E-state index is 15.0. The molecule has 3 heterocycles. The molecule has 0 saturated carbocycles. The largest absolute Gasteiger partial charge is 0.459 e. The number of amides is 1. The number of hydrogen-bond donors (Lipinski definition) is 2. The minimum Gasteiger partial charge on any atom is -0.459 e. The summed E-state index contributed by atoms with van der Waals surface area (Å²) in [5, 5.41) is 3.42. The van der Waals surface area contributed by atoms with E-state index in [-0.39, 0.29) is 43.9 Å². The Balaban J connectivity index is 1.27. The molecule has 0 spiro atoms. The highest BCUT2D eigenvalue weighted by molar-refractivity contribution is 7.80. The highest BCUT2D eigenvalue weighted by Gasteiger charge is 2.34. The predicted molar refractivity (Wildman–Crippen MR) is 174 cm³/mol. The van der Waals surface area contributed by atoms with E-state index in [0.29, 0.717) is 38.7 Å². The number of nitrogen functional groups attached to an aromatic ring is 1. The molecule has 1 aliphatic heterocycles. The van der Waals surface area contributed by atoms with Crippen LogP contribution in [0.5, 0.6) is 0 Å². The molecule has 3 aromatic carbocycles. The number of nitrogens with zero attached hydrogens (tertiary/aromatic N) is 2. The minimum absolute atomic E-state index is 0.0626. The van der Waals surface area contributed by atoms with Crippen molar-refractivity contribution in [3.8, 4) is 22.3 Å². The molecule has 0 bridgehead atoms. The predicted octanol–water partition coefficient (Wildman–Crippen LogP) is 7.76. The van der Waals surface area contributed by atoms with Crippen LogP contribution in [0, 0.1) is 11.6 Å². The fourth-order valence-electron chi connectivity index (χ4n) is 5.31. The summed E-state index contributed by atoms with van der Waals surface area (Å²) in [6.07, 6.45) is 4.05. The Bertz CT molecular complexity index is 1950. The number of fused-ring (bicyclic) bond motifs is 1. The van der Waals surface area contributed by atoms with E-state index in [1.54, 1.807) is 41.4 Å². The lowest BCUT2D eigenvalue weighted by Gasteiger charge is -2.33. The number of likely N-dealkylation sites (tertiary alicyclic amines) is 1. The van der Waals surface area contributed by atoms with Crippen molar-refractivity contribution >= 4 is 46.0 Å². The maximum Gasteiger partial charge on any atom is 0.251 e. The summed E-state index contributed by atoms with van der Waals surface area (Å²) >= 11 is 5.59. The lowest BCUT2D eigenvalue weighted by atomic mass is 9.95. The van der Waals surface area contributed by atoms with Crippen molar-refractivity contribution in [3.63, 3.8) is 0 Å².